The summed E-state index contributed by atoms with van der Waals surface area (Å²) in [6.45, 7) is 0. The van der Waals surface area contributed by atoms with Crippen molar-refractivity contribution >= 4 is 17.3 Å². The standard InChI is InChI=1S/C24H24FN7S/c1-30(2)19-5-7-20(8-6-19)31-15-18(13-28-31)16-10-22(33-24-21(25)4-3-9-27-24)23-17(11-26)12-29-32(23)14-16/h3-4,9-10,12-15,19-20H,5-8H2,1-2H3. The first kappa shape index (κ1) is 21.6. The average Bonchev–Trinajstić information content (AvgIpc) is 3.48. The van der Waals surface area contributed by atoms with Gasteiger partial charge >= 0.3 is 0 Å². The lowest BCUT2D eigenvalue weighted by Gasteiger charge is -2.32. The predicted octanol–water partition coefficient (Wildman–Crippen LogP) is 4.80. The molecule has 0 radical (unpaired) electrons. The second-order valence-corrected chi connectivity index (χ2v) is 9.61. The van der Waals surface area contributed by atoms with Crippen LogP contribution in [0, 0.1) is 17.1 Å². The number of hydrogen-bond donors (Lipinski definition) is 0. The minimum Gasteiger partial charge on any atom is -0.306 e. The molecule has 33 heavy (non-hydrogen) atoms. The summed E-state index contributed by atoms with van der Waals surface area (Å²) in [4.78, 5) is 7.19. The van der Waals surface area contributed by atoms with Gasteiger partial charge in [0.1, 0.15) is 11.1 Å². The lowest BCUT2D eigenvalue weighted by molar-refractivity contribution is 0.189. The summed E-state index contributed by atoms with van der Waals surface area (Å²) in [5.74, 6) is -0.398. The molecule has 0 amide bonds. The van der Waals surface area contributed by atoms with Crippen molar-refractivity contribution in [1.82, 2.24) is 29.3 Å². The highest BCUT2D eigenvalue weighted by Crippen LogP contribution is 2.36. The zero-order chi connectivity index (χ0) is 22.9. The topological polar surface area (TPSA) is 75.0 Å². The molecule has 4 aromatic rings. The van der Waals surface area contributed by atoms with Gasteiger partial charge in [-0.1, -0.05) is 11.8 Å². The van der Waals surface area contributed by atoms with Crippen LogP contribution in [0.2, 0.25) is 0 Å². The number of aromatic nitrogens is 5. The fourth-order valence-electron chi connectivity index (χ4n) is 4.48. The number of rotatable bonds is 5. The Bertz CT molecular complexity index is 1330. The summed E-state index contributed by atoms with van der Waals surface area (Å²) in [7, 11) is 4.29. The maximum Gasteiger partial charge on any atom is 0.155 e. The van der Waals surface area contributed by atoms with E-state index in [2.05, 4.69) is 51.1 Å². The number of halogens is 1. The Morgan fingerprint density at radius 2 is 1.94 bits per heavy atom. The summed E-state index contributed by atoms with van der Waals surface area (Å²) in [5.41, 5.74) is 2.95. The molecule has 0 aromatic carbocycles. The van der Waals surface area contributed by atoms with E-state index in [-0.39, 0.29) is 5.03 Å². The summed E-state index contributed by atoms with van der Waals surface area (Å²) >= 11 is 1.19. The third kappa shape index (κ3) is 4.24. The van der Waals surface area contributed by atoms with Gasteiger partial charge in [0.2, 0.25) is 0 Å². The Balaban J connectivity index is 1.48. The Morgan fingerprint density at radius 1 is 1.12 bits per heavy atom. The van der Waals surface area contributed by atoms with Crippen LogP contribution < -0.4 is 0 Å². The van der Waals surface area contributed by atoms with Crippen LogP contribution in [-0.2, 0) is 0 Å². The molecule has 4 aromatic heterocycles. The third-order valence-corrected chi connectivity index (χ3v) is 7.36. The van der Waals surface area contributed by atoms with E-state index in [9.17, 15) is 9.65 Å². The second-order valence-electron chi connectivity index (χ2n) is 8.58. The van der Waals surface area contributed by atoms with E-state index in [4.69, 9.17) is 0 Å². The van der Waals surface area contributed by atoms with E-state index in [1.54, 1.807) is 16.8 Å². The molecule has 5 rings (SSSR count). The van der Waals surface area contributed by atoms with Gasteiger partial charge in [-0.3, -0.25) is 4.68 Å². The van der Waals surface area contributed by atoms with Gasteiger partial charge in [0, 0.05) is 40.7 Å². The minimum absolute atomic E-state index is 0.259. The zero-order valence-electron chi connectivity index (χ0n) is 18.5. The Labute approximate surface area is 195 Å². The molecule has 0 unspecified atom stereocenters. The lowest BCUT2D eigenvalue weighted by atomic mass is 9.91. The van der Waals surface area contributed by atoms with Gasteiger partial charge < -0.3 is 4.90 Å². The van der Waals surface area contributed by atoms with Crippen molar-refractivity contribution < 1.29 is 4.39 Å². The van der Waals surface area contributed by atoms with Crippen molar-refractivity contribution in [2.45, 2.75) is 47.7 Å². The first-order valence-electron chi connectivity index (χ1n) is 10.9. The first-order chi connectivity index (χ1) is 16.0. The van der Waals surface area contributed by atoms with Crippen LogP contribution in [-0.4, -0.2) is 49.4 Å². The summed E-state index contributed by atoms with van der Waals surface area (Å²) in [5, 5.41) is 18.8. The lowest BCUT2D eigenvalue weighted by Crippen LogP contribution is -2.32. The molecule has 0 saturated heterocycles. The summed E-state index contributed by atoms with van der Waals surface area (Å²) in [6.07, 6.45) is 13.5. The maximum atomic E-state index is 14.3. The van der Waals surface area contributed by atoms with E-state index in [1.807, 2.05) is 18.5 Å². The van der Waals surface area contributed by atoms with Crippen LogP contribution in [0.15, 0.2) is 59.1 Å². The van der Waals surface area contributed by atoms with Gasteiger partial charge in [-0.2, -0.15) is 15.5 Å². The van der Waals surface area contributed by atoms with Crippen molar-refractivity contribution in [3.63, 3.8) is 0 Å². The molecule has 1 aliphatic carbocycles. The van der Waals surface area contributed by atoms with E-state index in [0.717, 1.165) is 28.9 Å². The van der Waals surface area contributed by atoms with Gasteiger partial charge in [0.05, 0.1) is 29.5 Å². The summed E-state index contributed by atoms with van der Waals surface area (Å²) in [6, 6.07) is 8.11. The molecule has 168 valence electrons. The number of nitrogens with zero attached hydrogens (tertiary/aromatic N) is 7. The molecule has 0 N–H and O–H groups in total. The van der Waals surface area contributed by atoms with Gasteiger partial charge in [-0.15, -0.1) is 0 Å². The highest BCUT2D eigenvalue weighted by molar-refractivity contribution is 7.99. The Kier molecular flexibility index (Phi) is 5.87. The zero-order valence-corrected chi connectivity index (χ0v) is 19.3. The van der Waals surface area contributed by atoms with Crippen molar-refractivity contribution in [3.8, 4) is 17.2 Å². The third-order valence-electron chi connectivity index (χ3n) is 6.33. The number of pyridine rings is 2. The fourth-order valence-corrected chi connectivity index (χ4v) is 5.45. The molecule has 7 nitrogen and oxygen atoms in total. The normalized spacial score (nSPS) is 18.6. The first-order valence-corrected chi connectivity index (χ1v) is 11.8. The average molecular weight is 462 g/mol. The van der Waals surface area contributed by atoms with Crippen molar-refractivity contribution in [3.05, 3.63) is 60.6 Å². The smallest absolute Gasteiger partial charge is 0.155 e. The summed E-state index contributed by atoms with van der Waals surface area (Å²) < 4.78 is 18.1. The van der Waals surface area contributed by atoms with Crippen LogP contribution in [0.4, 0.5) is 4.39 Å². The van der Waals surface area contributed by atoms with Crippen molar-refractivity contribution in [2.75, 3.05) is 14.1 Å². The number of nitriles is 1. The fraction of sp³-hybridized carbons (Fsp3) is 0.333. The van der Waals surface area contributed by atoms with Gasteiger partial charge in [0.15, 0.2) is 5.82 Å². The molecule has 0 atom stereocenters. The molecule has 0 aliphatic heterocycles. The minimum atomic E-state index is -0.398. The van der Waals surface area contributed by atoms with E-state index in [1.165, 1.54) is 36.9 Å². The molecule has 1 aliphatic rings. The van der Waals surface area contributed by atoms with E-state index < -0.39 is 5.82 Å². The monoisotopic (exact) mass is 461 g/mol. The van der Waals surface area contributed by atoms with Gasteiger partial charge in [-0.05, 0) is 58.0 Å². The van der Waals surface area contributed by atoms with Crippen LogP contribution in [0.3, 0.4) is 0 Å². The molecular formula is C24H24FN7S. The molecule has 0 bridgehead atoms. The maximum absolute atomic E-state index is 14.3. The highest BCUT2D eigenvalue weighted by atomic mass is 32.2. The van der Waals surface area contributed by atoms with Crippen molar-refractivity contribution in [2.24, 2.45) is 0 Å². The quantitative estimate of drug-likeness (QED) is 0.425. The van der Waals surface area contributed by atoms with E-state index in [0.29, 0.717) is 23.2 Å². The van der Waals surface area contributed by atoms with E-state index >= 15 is 0 Å². The SMILES string of the molecule is CN(C)C1CCC(n2cc(-c3cc(Sc4ncccc4F)c4c(C#N)cnn4c3)cn2)CC1. The molecule has 4 heterocycles. The molecule has 9 heteroatoms. The van der Waals surface area contributed by atoms with Crippen LogP contribution in [0.25, 0.3) is 16.6 Å². The second kappa shape index (κ2) is 8.96. The molecule has 0 spiro atoms. The van der Waals surface area contributed by atoms with Gasteiger partial charge in [0.25, 0.3) is 0 Å². The van der Waals surface area contributed by atoms with Crippen molar-refractivity contribution in [1.29, 1.82) is 5.26 Å². The predicted molar refractivity (Wildman–Crippen MR) is 124 cm³/mol. The highest BCUT2D eigenvalue weighted by Gasteiger charge is 2.24. The number of fused-ring (bicyclic) bond motifs is 1. The Hall–Kier alpha value is -3.22. The van der Waals surface area contributed by atoms with Gasteiger partial charge in [-0.25, -0.2) is 13.9 Å². The molecule has 1 saturated carbocycles. The molecular weight excluding hydrogens is 437 g/mol. The largest absolute Gasteiger partial charge is 0.306 e. The van der Waals surface area contributed by atoms with Crippen LogP contribution in [0.5, 0.6) is 0 Å². The van der Waals surface area contributed by atoms with Crippen LogP contribution >= 0.6 is 11.8 Å². The molecule has 1 fully saturated rings. The van der Waals surface area contributed by atoms with Crippen LogP contribution in [0.1, 0.15) is 37.3 Å². The number of hydrogen-bond acceptors (Lipinski definition) is 6. The Morgan fingerprint density at radius 3 is 2.67 bits per heavy atom.